The number of anilines is 1. The Labute approximate surface area is 96.4 Å². The highest BCUT2D eigenvalue weighted by molar-refractivity contribution is 5.48. The molecule has 0 heterocycles. The fourth-order valence-electron chi connectivity index (χ4n) is 1.44. The Bertz CT molecular complexity index is 279. The maximum Gasteiger partial charge on any atom is 0.115 e. The van der Waals surface area contributed by atoms with Crippen molar-refractivity contribution < 1.29 is 14.6 Å². The number of hydrogen-bond acceptors (Lipinski definition) is 4. The molecular weight excluding hydrogens is 206 g/mol. The van der Waals surface area contributed by atoms with Gasteiger partial charge in [-0.3, -0.25) is 0 Å². The Morgan fingerprint density at radius 1 is 1.00 bits per heavy atom. The summed E-state index contributed by atoms with van der Waals surface area (Å²) in [7, 11) is 3.37. The normalized spacial score (nSPS) is 10.4. The summed E-state index contributed by atoms with van der Waals surface area (Å²) in [5.74, 6) is 0.280. The van der Waals surface area contributed by atoms with Crippen LogP contribution in [0, 0.1) is 0 Å². The molecule has 0 aliphatic heterocycles. The first-order chi connectivity index (χ1) is 7.77. The number of methoxy groups -OCH3 is 2. The second-order valence-electron chi connectivity index (χ2n) is 3.49. The summed E-state index contributed by atoms with van der Waals surface area (Å²) in [6.45, 7) is 2.96. The summed E-state index contributed by atoms with van der Waals surface area (Å²) >= 11 is 0. The van der Waals surface area contributed by atoms with Crippen LogP contribution in [0.1, 0.15) is 0 Å². The topological polar surface area (TPSA) is 41.9 Å². The van der Waals surface area contributed by atoms with Crippen LogP contribution in [0.5, 0.6) is 5.75 Å². The van der Waals surface area contributed by atoms with Gasteiger partial charge >= 0.3 is 0 Å². The lowest BCUT2D eigenvalue weighted by Crippen LogP contribution is -2.30. The van der Waals surface area contributed by atoms with Gasteiger partial charge in [-0.05, 0) is 24.3 Å². The van der Waals surface area contributed by atoms with Gasteiger partial charge in [0.15, 0.2) is 0 Å². The minimum absolute atomic E-state index is 0.280. The lowest BCUT2D eigenvalue weighted by Gasteiger charge is -2.24. The predicted molar refractivity (Wildman–Crippen MR) is 64.1 cm³/mol. The van der Waals surface area contributed by atoms with Gasteiger partial charge < -0.3 is 19.5 Å². The van der Waals surface area contributed by atoms with Crippen LogP contribution in [-0.4, -0.2) is 45.6 Å². The third-order valence-electron chi connectivity index (χ3n) is 2.35. The third-order valence-corrected chi connectivity index (χ3v) is 2.35. The van der Waals surface area contributed by atoms with Crippen molar-refractivity contribution in [3.63, 3.8) is 0 Å². The number of hydrogen-bond donors (Lipinski definition) is 1. The summed E-state index contributed by atoms with van der Waals surface area (Å²) in [4.78, 5) is 2.16. The third kappa shape index (κ3) is 4.08. The average molecular weight is 225 g/mol. The molecule has 1 rings (SSSR count). The molecule has 0 aromatic heterocycles. The number of aromatic hydroxyl groups is 1. The zero-order valence-electron chi connectivity index (χ0n) is 9.85. The van der Waals surface area contributed by atoms with Crippen LogP contribution < -0.4 is 4.90 Å². The molecule has 0 saturated carbocycles. The van der Waals surface area contributed by atoms with E-state index in [1.165, 1.54) is 0 Å². The Kier molecular flexibility index (Phi) is 5.67. The second kappa shape index (κ2) is 7.09. The molecule has 0 aliphatic carbocycles. The van der Waals surface area contributed by atoms with Gasteiger partial charge in [0.1, 0.15) is 5.75 Å². The quantitative estimate of drug-likeness (QED) is 0.763. The monoisotopic (exact) mass is 225 g/mol. The van der Waals surface area contributed by atoms with Gasteiger partial charge in [0.2, 0.25) is 0 Å². The molecule has 16 heavy (non-hydrogen) atoms. The second-order valence-corrected chi connectivity index (χ2v) is 3.49. The van der Waals surface area contributed by atoms with Gasteiger partial charge in [0.25, 0.3) is 0 Å². The van der Waals surface area contributed by atoms with E-state index >= 15 is 0 Å². The van der Waals surface area contributed by atoms with Crippen LogP contribution in [0.4, 0.5) is 5.69 Å². The zero-order chi connectivity index (χ0) is 11.8. The van der Waals surface area contributed by atoms with E-state index in [9.17, 15) is 5.11 Å². The SMILES string of the molecule is COCCN(CCOC)c1ccc(O)cc1. The van der Waals surface area contributed by atoms with E-state index in [4.69, 9.17) is 9.47 Å². The van der Waals surface area contributed by atoms with Crippen molar-refractivity contribution in [2.24, 2.45) is 0 Å². The molecule has 1 aromatic rings. The molecule has 0 atom stereocenters. The standard InChI is InChI=1S/C12H19NO3/c1-15-9-7-13(8-10-16-2)11-3-5-12(14)6-4-11/h3-6,14H,7-10H2,1-2H3. The van der Waals surface area contributed by atoms with Crippen molar-refractivity contribution >= 4 is 5.69 Å². The molecule has 0 amide bonds. The molecular formula is C12H19NO3. The molecule has 0 aliphatic rings. The van der Waals surface area contributed by atoms with Gasteiger partial charge in [-0.15, -0.1) is 0 Å². The van der Waals surface area contributed by atoms with Crippen LogP contribution in [-0.2, 0) is 9.47 Å². The van der Waals surface area contributed by atoms with Crippen molar-refractivity contribution in [3.8, 4) is 5.75 Å². The molecule has 1 N–H and O–H groups in total. The Hall–Kier alpha value is -1.26. The molecule has 0 spiro atoms. The first-order valence-electron chi connectivity index (χ1n) is 5.29. The summed E-state index contributed by atoms with van der Waals surface area (Å²) in [5, 5.41) is 9.22. The largest absolute Gasteiger partial charge is 0.508 e. The molecule has 0 saturated heterocycles. The molecule has 4 nitrogen and oxygen atoms in total. The minimum Gasteiger partial charge on any atom is -0.508 e. The van der Waals surface area contributed by atoms with Crippen molar-refractivity contribution in [1.82, 2.24) is 0 Å². The van der Waals surface area contributed by atoms with E-state index in [1.54, 1.807) is 26.4 Å². The fourth-order valence-corrected chi connectivity index (χ4v) is 1.44. The van der Waals surface area contributed by atoms with Crippen LogP contribution in [0.3, 0.4) is 0 Å². The van der Waals surface area contributed by atoms with E-state index < -0.39 is 0 Å². The molecule has 0 bridgehead atoms. The number of rotatable bonds is 7. The van der Waals surface area contributed by atoms with Crippen molar-refractivity contribution in [3.05, 3.63) is 24.3 Å². The van der Waals surface area contributed by atoms with E-state index in [-0.39, 0.29) is 5.75 Å². The smallest absolute Gasteiger partial charge is 0.115 e. The first-order valence-corrected chi connectivity index (χ1v) is 5.29. The molecule has 0 radical (unpaired) electrons. The number of phenolic OH excluding ortho intramolecular Hbond substituents is 1. The van der Waals surface area contributed by atoms with Crippen molar-refractivity contribution in [1.29, 1.82) is 0 Å². The Morgan fingerprint density at radius 3 is 1.94 bits per heavy atom. The molecule has 90 valence electrons. The first kappa shape index (κ1) is 12.8. The highest BCUT2D eigenvalue weighted by Gasteiger charge is 2.05. The van der Waals surface area contributed by atoms with E-state index in [0.717, 1.165) is 18.8 Å². The van der Waals surface area contributed by atoms with Gasteiger partial charge in [-0.2, -0.15) is 0 Å². The zero-order valence-corrected chi connectivity index (χ0v) is 9.85. The lowest BCUT2D eigenvalue weighted by atomic mass is 10.2. The lowest BCUT2D eigenvalue weighted by molar-refractivity contribution is 0.190. The molecule has 4 heteroatoms. The van der Waals surface area contributed by atoms with Crippen LogP contribution in [0.15, 0.2) is 24.3 Å². The van der Waals surface area contributed by atoms with Crippen LogP contribution in [0.25, 0.3) is 0 Å². The molecule has 1 aromatic carbocycles. The van der Waals surface area contributed by atoms with Crippen LogP contribution >= 0.6 is 0 Å². The maximum absolute atomic E-state index is 9.22. The van der Waals surface area contributed by atoms with Crippen molar-refractivity contribution in [2.75, 3.05) is 45.4 Å². The van der Waals surface area contributed by atoms with E-state index in [1.807, 2.05) is 12.1 Å². The number of phenols is 1. The summed E-state index contributed by atoms with van der Waals surface area (Å²) in [5.41, 5.74) is 1.06. The Balaban J connectivity index is 2.62. The van der Waals surface area contributed by atoms with Gasteiger partial charge in [-0.1, -0.05) is 0 Å². The number of ether oxygens (including phenoxy) is 2. The highest BCUT2D eigenvalue weighted by Crippen LogP contribution is 2.17. The van der Waals surface area contributed by atoms with E-state index in [2.05, 4.69) is 4.90 Å². The summed E-state index contributed by atoms with van der Waals surface area (Å²) < 4.78 is 10.1. The molecule has 0 unspecified atom stereocenters. The minimum atomic E-state index is 0.280. The average Bonchev–Trinajstić information content (AvgIpc) is 2.31. The van der Waals surface area contributed by atoms with Gasteiger partial charge in [0, 0.05) is 33.0 Å². The summed E-state index contributed by atoms with van der Waals surface area (Å²) in [6.07, 6.45) is 0. The fraction of sp³-hybridized carbons (Fsp3) is 0.500. The Morgan fingerprint density at radius 2 is 1.50 bits per heavy atom. The van der Waals surface area contributed by atoms with Gasteiger partial charge in [-0.25, -0.2) is 0 Å². The maximum atomic E-state index is 9.22. The van der Waals surface area contributed by atoms with Crippen molar-refractivity contribution in [2.45, 2.75) is 0 Å². The van der Waals surface area contributed by atoms with Gasteiger partial charge in [0.05, 0.1) is 13.2 Å². The predicted octanol–water partition coefficient (Wildman–Crippen LogP) is 1.49. The van der Waals surface area contributed by atoms with Crippen LogP contribution in [0.2, 0.25) is 0 Å². The number of nitrogens with zero attached hydrogens (tertiary/aromatic N) is 1. The van der Waals surface area contributed by atoms with E-state index in [0.29, 0.717) is 13.2 Å². The number of benzene rings is 1. The highest BCUT2D eigenvalue weighted by atomic mass is 16.5. The summed E-state index contributed by atoms with van der Waals surface area (Å²) in [6, 6.07) is 7.14. The molecule has 0 fully saturated rings.